The monoisotopic (exact) mass is 333 g/mol. The molecule has 0 spiro atoms. The highest BCUT2D eigenvalue weighted by molar-refractivity contribution is 9.10. The molecule has 0 amide bonds. The average molecular weight is 334 g/mol. The molecule has 0 saturated heterocycles. The topological polar surface area (TPSA) is 35.2 Å². The van der Waals surface area contributed by atoms with Crippen LogP contribution in [0.5, 0.6) is 5.75 Å². The number of benzene rings is 2. The van der Waals surface area contributed by atoms with Gasteiger partial charge in [-0.05, 0) is 69.7 Å². The molecule has 0 aliphatic heterocycles. The highest BCUT2D eigenvalue weighted by Gasteiger charge is 2.05. The minimum Gasteiger partial charge on any atom is -0.489 e. The number of ether oxygens (including phenoxy) is 1. The molecule has 0 radical (unpaired) electrons. The number of nitrogen functional groups attached to an aromatic ring is 1. The van der Waals surface area contributed by atoms with Crippen LogP contribution in [0.25, 0.3) is 0 Å². The maximum atomic E-state index is 5.86. The van der Waals surface area contributed by atoms with E-state index in [9.17, 15) is 0 Å². The van der Waals surface area contributed by atoms with E-state index in [1.54, 1.807) is 0 Å². The normalized spacial score (nSPS) is 10.8. The van der Waals surface area contributed by atoms with E-state index in [1.807, 2.05) is 24.3 Å². The third-order valence-electron chi connectivity index (χ3n) is 3.33. The molecule has 2 aromatic carbocycles. The summed E-state index contributed by atoms with van der Waals surface area (Å²) in [4.78, 5) is 0. The van der Waals surface area contributed by atoms with Crippen molar-refractivity contribution in [3.63, 3.8) is 0 Å². The summed E-state index contributed by atoms with van der Waals surface area (Å²) in [7, 11) is 0. The van der Waals surface area contributed by atoms with Gasteiger partial charge in [-0.3, -0.25) is 0 Å². The van der Waals surface area contributed by atoms with Gasteiger partial charge in [0, 0.05) is 10.2 Å². The lowest BCUT2D eigenvalue weighted by Gasteiger charge is -2.13. The van der Waals surface area contributed by atoms with Gasteiger partial charge in [-0.1, -0.05) is 26.0 Å². The Hall–Kier alpha value is -1.48. The summed E-state index contributed by atoms with van der Waals surface area (Å²) in [5.74, 6) is 1.43. The molecular formula is C17H20BrNO. The molecule has 0 atom stereocenters. The predicted octanol–water partition coefficient (Wildman–Crippen LogP) is 5.04. The molecule has 2 N–H and O–H groups in total. The second kappa shape index (κ2) is 6.31. The van der Waals surface area contributed by atoms with Crippen molar-refractivity contribution in [1.29, 1.82) is 0 Å². The van der Waals surface area contributed by atoms with Crippen LogP contribution in [0.15, 0.2) is 40.9 Å². The van der Waals surface area contributed by atoms with E-state index in [1.165, 1.54) is 11.1 Å². The molecular weight excluding hydrogens is 314 g/mol. The van der Waals surface area contributed by atoms with Crippen molar-refractivity contribution in [3.8, 4) is 5.75 Å². The van der Waals surface area contributed by atoms with Crippen LogP contribution in [0.2, 0.25) is 0 Å². The van der Waals surface area contributed by atoms with Crippen LogP contribution >= 0.6 is 15.9 Å². The first-order chi connectivity index (χ1) is 9.47. The summed E-state index contributed by atoms with van der Waals surface area (Å²) in [6, 6.07) is 12.2. The van der Waals surface area contributed by atoms with Crippen LogP contribution in [0.3, 0.4) is 0 Å². The number of rotatable bonds is 4. The van der Waals surface area contributed by atoms with Gasteiger partial charge in [0.15, 0.2) is 0 Å². The number of hydrogen-bond acceptors (Lipinski definition) is 2. The number of anilines is 1. The molecule has 0 unspecified atom stereocenters. The van der Waals surface area contributed by atoms with Crippen LogP contribution < -0.4 is 10.5 Å². The largest absolute Gasteiger partial charge is 0.489 e. The first-order valence-corrected chi connectivity index (χ1v) is 7.54. The third kappa shape index (κ3) is 3.54. The minimum atomic E-state index is 0.526. The van der Waals surface area contributed by atoms with Crippen molar-refractivity contribution in [1.82, 2.24) is 0 Å². The Morgan fingerprint density at radius 1 is 1.15 bits per heavy atom. The second-order valence-corrected chi connectivity index (χ2v) is 6.17. The molecule has 2 rings (SSSR count). The summed E-state index contributed by atoms with van der Waals surface area (Å²) >= 11 is 3.39. The maximum absolute atomic E-state index is 5.86. The molecule has 3 heteroatoms. The first kappa shape index (κ1) is 14.9. The maximum Gasteiger partial charge on any atom is 0.120 e. The summed E-state index contributed by atoms with van der Waals surface area (Å²) in [5, 5.41) is 0. The average Bonchev–Trinajstić information content (AvgIpc) is 2.40. The Morgan fingerprint density at radius 2 is 1.90 bits per heavy atom. The molecule has 0 aliphatic carbocycles. The zero-order valence-electron chi connectivity index (χ0n) is 12.1. The highest BCUT2D eigenvalue weighted by atomic mass is 79.9. The molecule has 2 aromatic rings. The van der Waals surface area contributed by atoms with Gasteiger partial charge in [-0.2, -0.15) is 0 Å². The smallest absolute Gasteiger partial charge is 0.120 e. The fourth-order valence-electron chi connectivity index (χ4n) is 2.24. The van der Waals surface area contributed by atoms with Crippen molar-refractivity contribution in [2.24, 2.45) is 0 Å². The van der Waals surface area contributed by atoms with Gasteiger partial charge in [0.2, 0.25) is 0 Å². The van der Waals surface area contributed by atoms with E-state index in [2.05, 4.69) is 48.8 Å². The van der Waals surface area contributed by atoms with Crippen LogP contribution in [0.1, 0.15) is 36.5 Å². The molecule has 0 heterocycles. The molecule has 0 aromatic heterocycles. The van der Waals surface area contributed by atoms with Gasteiger partial charge in [0.1, 0.15) is 12.4 Å². The molecule has 20 heavy (non-hydrogen) atoms. The number of nitrogens with two attached hydrogens (primary N) is 1. The highest BCUT2D eigenvalue weighted by Crippen LogP contribution is 2.25. The standard InChI is InChI=1S/C17H20BrNO/c1-11(2)15-6-5-14(8-12(15)3)20-10-13-4-7-16(18)17(19)9-13/h4-9,11H,10,19H2,1-3H3. The van der Waals surface area contributed by atoms with E-state index in [4.69, 9.17) is 10.5 Å². The van der Waals surface area contributed by atoms with Crippen molar-refractivity contribution in [2.45, 2.75) is 33.3 Å². The van der Waals surface area contributed by atoms with Gasteiger partial charge in [-0.25, -0.2) is 0 Å². The Balaban J connectivity index is 2.07. The zero-order chi connectivity index (χ0) is 14.7. The lowest BCUT2D eigenvalue weighted by molar-refractivity contribution is 0.306. The van der Waals surface area contributed by atoms with Crippen molar-refractivity contribution >= 4 is 21.6 Å². The first-order valence-electron chi connectivity index (χ1n) is 6.74. The van der Waals surface area contributed by atoms with E-state index in [0.29, 0.717) is 12.5 Å². The molecule has 2 nitrogen and oxygen atoms in total. The van der Waals surface area contributed by atoms with Gasteiger partial charge in [0.25, 0.3) is 0 Å². The van der Waals surface area contributed by atoms with E-state index < -0.39 is 0 Å². The van der Waals surface area contributed by atoms with E-state index in [0.717, 1.165) is 21.5 Å². The van der Waals surface area contributed by atoms with Crippen molar-refractivity contribution in [3.05, 3.63) is 57.6 Å². The quantitative estimate of drug-likeness (QED) is 0.795. The lowest BCUT2D eigenvalue weighted by atomic mass is 9.98. The van der Waals surface area contributed by atoms with Gasteiger partial charge < -0.3 is 10.5 Å². The van der Waals surface area contributed by atoms with Crippen LogP contribution in [0.4, 0.5) is 5.69 Å². The molecule has 0 saturated carbocycles. The fourth-order valence-corrected chi connectivity index (χ4v) is 2.48. The number of hydrogen-bond donors (Lipinski definition) is 1. The molecule has 106 valence electrons. The van der Waals surface area contributed by atoms with Gasteiger partial charge in [-0.15, -0.1) is 0 Å². The Labute approximate surface area is 129 Å². The summed E-state index contributed by atoms with van der Waals surface area (Å²) in [6.45, 7) is 7.05. The summed E-state index contributed by atoms with van der Waals surface area (Å²) in [5.41, 5.74) is 10.3. The number of aryl methyl sites for hydroxylation is 1. The van der Waals surface area contributed by atoms with Crippen LogP contribution in [-0.2, 0) is 6.61 Å². The van der Waals surface area contributed by atoms with Crippen LogP contribution in [-0.4, -0.2) is 0 Å². The van der Waals surface area contributed by atoms with E-state index in [-0.39, 0.29) is 0 Å². The van der Waals surface area contributed by atoms with Gasteiger partial charge >= 0.3 is 0 Å². The Bertz CT molecular complexity index is 608. The minimum absolute atomic E-state index is 0.526. The predicted molar refractivity (Wildman–Crippen MR) is 88.2 cm³/mol. The molecule has 0 fully saturated rings. The number of halogens is 1. The van der Waals surface area contributed by atoms with E-state index >= 15 is 0 Å². The fraction of sp³-hybridized carbons (Fsp3) is 0.294. The van der Waals surface area contributed by atoms with Crippen molar-refractivity contribution < 1.29 is 4.74 Å². The van der Waals surface area contributed by atoms with Crippen LogP contribution in [0, 0.1) is 6.92 Å². The summed E-state index contributed by atoms with van der Waals surface area (Å²) < 4.78 is 6.75. The lowest BCUT2D eigenvalue weighted by Crippen LogP contribution is -1.99. The SMILES string of the molecule is Cc1cc(OCc2ccc(Br)c(N)c2)ccc1C(C)C. The van der Waals surface area contributed by atoms with Gasteiger partial charge in [0.05, 0.1) is 0 Å². The summed E-state index contributed by atoms with van der Waals surface area (Å²) in [6.07, 6.45) is 0. The second-order valence-electron chi connectivity index (χ2n) is 5.32. The Morgan fingerprint density at radius 3 is 2.50 bits per heavy atom. The zero-order valence-corrected chi connectivity index (χ0v) is 13.7. The third-order valence-corrected chi connectivity index (χ3v) is 4.05. The molecule has 0 bridgehead atoms. The van der Waals surface area contributed by atoms with Crippen molar-refractivity contribution in [2.75, 3.05) is 5.73 Å². The Kier molecular flexibility index (Phi) is 4.71. The molecule has 0 aliphatic rings.